The monoisotopic (exact) mass is 434 g/mol. The van der Waals surface area contributed by atoms with Crippen LogP contribution in [-0.4, -0.2) is 20.9 Å². The number of carbonyl (C=O) groups excluding carboxylic acids is 1. The molecule has 0 saturated carbocycles. The summed E-state index contributed by atoms with van der Waals surface area (Å²) in [5, 5.41) is 3.07. The van der Waals surface area contributed by atoms with E-state index in [1.807, 2.05) is 37.3 Å². The van der Waals surface area contributed by atoms with E-state index in [9.17, 15) is 13.2 Å². The lowest BCUT2D eigenvalue weighted by Gasteiger charge is -2.28. The molecule has 0 fully saturated rings. The van der Waals surface area contributed by atoms with Crippen LogP contribution >= 0.6 is 0 Å². The van der Waals surface area contributed by atoms with Crippen molar-refractivity contribution in [2.75, 3.05) is 10.8 Å². The summed E-state index contributed by atoms with van der Waals surface area (Å²) in [5.41, 5.74) is 3.85. The molecule has 4 rings (SSSR count). The number of benzene rings is 3. The molecule has 0 heterocycles. The number of aryl methyl sites for hydroxylation is 2. The van der Waals surface area contributed by atoms with Gasteiger partial charge < -0.3 is 5.32 Å². The van der Waals surface area contributed by atoms with Gasteiger partial charge in [0.15, 0.2) is 0 Å². The van der Waals surface area contributed by atoms with Crippen molar-refractivity contribution < 1.29 is 13.2 Å². The summed E-state index contributed by atoms with van der Waals surface area (Å²) in [6.07, 6.45) is 2.84. The van der Waals surface area contributed by atoms with Gasteiger partial charge in [0.25, 0.3) is 10.0 Å². The second-order valence-electron chi connectivity index (χ2n) is 7.87. The number of anilines is 1. The van der Waals surface area contributed by atoms with Crippen LogP contribution in [0.3, 0.4) is 0 Å². The molecular weight excluding hydrogens is 408 g/mol. The van der Waals surface area contributed by atoms with E-state index >= 15 is 0 Å². The van der Waals surface area contributed by atoms with Gasteiger partial charge in [-0.3, -0.25) is 9.10 Å². The predicted octanol–water partition coefficient (Wildman–Crippen LogP) is 4.38. The van der Waals surface area contributed by atoms with Crippen LogP contribution in [0, 0.1) is 6.92 Å². The lowest BCUT2D eigenvalue weighted by atomic mass is 9.88. The zero-order valence-corrected chi connectivity index (χ0v) is 18.3. The van der Waals surface area contributed by atoms with Gasteiger partial charge in [0.05, 0.1) is 16.6 Å². The van der Waals surface area contributed by atoms with E-state index in [0.717, 1.165) is 30.4 Å². The zero-order valence-electron chi connectivity index (χ0n) is 17.5. The van der Waals surface area contributed by atoms with Crippen LogP contribution in [0.2, 0.25) is 0 Å². The summed E-state index contributed by atoms with van der Waals surface area (Å²) >= 11 is 0. The normalized spacial score (nSPS) is 15.7. The third kappa shape index (κ3) is 4.64. The third-order valence-electron chi connectivity index (χ3n) is 5.65. The minimum Gasteiger partial charge on any atom is -0.348 e. The Morgan fingerprint density at radius 2 is 1.65 bits per heavy atom. The molecule has 1 aliphatic carbocycles. The van der Waals surface area contributed by atoms with E-state index in [1.165, 1.54) is 9.87 Å². The topological polar surface area (TPSA) is 66.5 Å². The van der Waals surface area contributed by atoms with Crippen molar-refractivity contribution in [3.8, 4) is 0 Å². The van der Waals surface area contributed by atoms with Gasteiger partial charge in [-0.1, -0.05) is 60.2 Å². The molecule has 0 bridgehead atoms. The van der Waals surface area contributed by atoms with Crippen molar-refractivity contribution >= 4 is 21.6 Å². The fourth-order valence-corrected chi connectivity index (χ4v) is 5.46. The Kier molecular flexibility index (Phi) is 6.09. The molecule has 3 aromatic rings. The standard InChI is InChI=1S/C25H26N2O3S/c1-19-14-16-21(17-15-19)27(31(29,30)22-10-3-2-4-11-22)18-25(28)26-24-13-7-9-20-8-5-6-12-23(20)24/h2-6,8,10-12,14-17,24H,7,9,13,18H2,1H3,(H,26,28)/t24-/m1/s1. The molecule has 0 aromatic heterocycles. The zero-order chi connectivity index (χ0) is 21.8. The number of hydrogen-bond donors (Lipinski definition) is 1. The Labute approximate surface area is 183 Å². The van der Waals surface area contributed by atoms with Gasteiger partial charge in [-0.05, 0) is 61.6 Å². The minimum atomic E-state index is -3.89. The molecule has 1 atom stereocenters. The molecule has 0 unspecified atom stereocenters. The van der Waals surface area contributed by atoms with Crippen LogP contribution in [-0.2, 0) is 21.2 Å². The van der Waals surface area contributed by atoms with Crippen molar-refractivity contribution in [2.24, 2.45) is 0 Å². The van der Waals surface area contributed by atoms with Gasteiger partial charge >= 0.3 is 0 Å². The maximum absolute atomic E-state index is 13.4. The Balaban J connectivity index is 1.61. The lowest BCUT2D eigenvalue weighted by molar-refractivity contribution is -0.120. The summed E-state index contributed by atoms with van der Waals surface area (Å²) < 4.78 is 28.0. The summed E-state index contributed by atoms with van der Waals surface area (Å²) in [6.45, 7) is 1.66. The Bertz CT molecular complexity index is 1160. The first-order valence-corrected chi connectivity index (χ1v) is 11.9. The smallest absolute Gasteiger partial charge is 0.264 e. The van der Waals surface area contributed by atoms with Crippen molar-refractivity contribution in [2.45, 2.75) is 37.1 Å². The molecule has 160 valence electrons. The van der Waals surface area contributed by atoms with E-state index in [-0.39, 0.29) is 23.4 Å². The van der Waals surface area contributed by atoms with Gasteiger partial charge in [-0.15, -0.1) is 0 Å². The van der Waals surface area contributed by atoms with Crippen molar-refractivity contribution in [1.82, 2.24) is 5.32 Å². The Morgan fingerprint density at radius 3 is 2.39 bits per heavy atom. The van der Waals surface area contributed by atoms with Gasteiger partial charge in [0.2, 0.25) is 5.91 Å². The highest BCUT2D eigenvalue weighted by Crippen LogP contribution is 2.30. The maximum atomic E-state index is 13.4. The fraction of sp³-hybridized carbons (Fsp3) is 0.240. The number of nitrogens with one attached hydrogen (secondary N) is 1. The second-order valence-corrected chi connectivity index (χ2v) is 9.73. The molecule has 3 aromatic carbocycles. The first-order chi connectivity index (χ1) is 14.9. The molecule has 1 amide bonds. The molecule has 1 aliphatic rings. The summed E-state index contributed by atoms with van der Waals surface area (Å²) in [6, 6.07) is 23.4. The highest BCUT2D eigenvalue weighted by molar-refractivity contribution is 7.92. The van der Waals surface area contributed by atoms with Crippen molar-refractivity contribution in [3.05, 3.63) is 95.6 Å². The van der Waals surface area contributed by atoms with Crippen LogP contribution < -0.4 is 9.62 Å². The Hall–Kier alpha value is -3.12. The van der Waals surface area contributed by atoms with Crippen LogP contribution in [0.1, 0.15) is 35.6 Å². The fourth-order valence-electron chi connectivity index (χ4n) is 4.02. The largest absolute Gasteiger partial charge is 0.348 e. The molecule has 0 aliphatic heterocycles. The Morgan fingerprint density at radius 1 is 0.968 bits per heavy atom. The number of rotatable bonds is 6. The average Bonchev–Trinajstić information content (AvgIpc) is 2.79. The van der Waals surface area contributed by atoms with E-state index in [1.54, 1.807) is 42.5 Å². The van der Waals surface area contributed by atoms with Gasteiger partial charge in [0, 0.05) is 0 Å². The molecule has 0 radical (unpaired) electrons. The average molecular weight is 435 g/mol. The molecule has 0 spiro atoms. The number of fused-ring (bicyclic) bond motifs is 1. The number of amides is 1. The minimum absolute atomic E-state index is 0.100. The van der Waals surface area contributed by atoms with E-state index in [4.69, 9.17) is 0 Å². The summed E-state index contributed by atoms with van der Waals surface area (Å²) in [4.78, 5) is 13.2. The number of nitrogens with zero attached hydrogens (tertiary/aromatic N) is 1. The quantitative estimate of drug-likeness (QED) is 0.626. The predicted molar refractivity (Wildman–Crippen MR) is 122 cm³/mol. The van der Waals surface area contributed by atoms with Gasteiger partial charge in [-0.2, -0.15) is 0 Å². The maximum Gasteiger partial charge on any atom is 0.264 e. The van der Waals surface area contributed by atoms with Gasteiger partial charge in [-0.25, -0.2) is 8.42 Å². The molecule has 0 saturated heterocycles. The summed E-state index contributed by atoms with van der Waals surface area (Å²) in [5.74, 6) is -0.318. The van der Waals surface area contributed by atoms with E-state index < -0.39 is 10.0 Å². The molecule has 1 N–H and O–H groups in total. The van der Waals surface area contributed by atoms with Crippen molar-refractivity contribution in [1.29, 1.82) is 0 Å². The highest BCUT2D eigenvalue weighted by atomic mass is 32.2. The molecular formula is C25H26N2O3S. The van der Waals surface area contributed by atoms with Crippen LogP contribution in [0.4, 0.5) is 5.69 Å². The van der Waals surface area contributed by atoms with Gasteiger partial charge in [0.1, 0.15) is 6.54 Å². The van der Waals surface area contributed by atoms with E-state index in [0.29, 0.717) is 5.69 Å². The first-order valence-electron chi connectivity index (χ1n) is 10.5. The van der Waals surface area contributed by atoms with E-state index in [2.05, 4.69) is 11.4 Å². The van der Waals surface area contributed by atoms with Crippen molar-refractivity contribution in [3.63, 3.8) is 0 Å². The third-order valence-corrected chi connectivity index (χ3v) is 7.43. The first kappa shape index (κ1) is 21.1. The second kappa shape index (κ2) is 8.94. The lowest BCUT2D eigenvalue weighted by Crippen LogP contribution is -2.42. The van der Waals surface area contributed by atoms with Crippen LogP contribution in [0.15, 0.2) is 83.8 Å². The van der Waals surface area contributed by atoms with Crippen LogP contribution in [0.5, 0.6) is 0 Å². The summed E-state index contributed by atoms with van der Waals surface area (Å²) in [7, 11) is -3.89. The highest BCUT2D eigenvalue weighted by Gasteiger charge is 2.29. The van der Waals surface area contributed by atoms with Crippen LogP contribution in [0.25, 0.3) is 0 Å². The number of sulfonamides is 1. The number of hydrogen-bond acceptors (Lipinski definition) is 3. The SMILES string of the molecule is Cc1ccc(N(CC(=O)N[C@@H]2CCCc3ccccc32)S(=O)(=O)c2ccccc2)cc1. The molecule has 5 nitrogen and oxygen atoms in total. The molecule has 31 heavy (non-hydrogen) atoms. The molecule has 6 heteroatoms. The number of carbonyl (C=O) groups is 1.